The number of nitrogens with one attached hydrogen (secondary N) is 1. The van der Waals surface area contributed by atoms with Crippen molar-refractivity contribution in [3.05, 3.63) is 68.1 Å². The first kappa shape index (κ1) is 16.6. The summed E-state index contributed by atoms with van der Waals surface area (Å²) in [5, 5.41) is 3.36. The van der Waals surface area contributed by atoms with Gasteiger partial charge >= 0.3 is 0 Å². The van der Waals surface area contributed by atoms with Gasteiger partial charge in [-0.05, 0) is 54.4 Å². The van der Waals surface area contributed by atoms with Crippen LogP contribution in [-0.4, -0.2) is 6.54 Å². The van der Waals surface area contributed by atoms with Gasteiger partial charge in [-0.3, -0.25) is 0 Å². The summed E-state index contributed by atoms with van der Waals surface area (Å²) in [4.78, 5) is 0. The van der Waals surface area contributed by atoms with Gasteiger partial charge in [-0.15, -0.1) is 0 Å². The number of hydrogen-bond donors (Lipinski definition) is 1. The van der Waals surface area contributed by atoms with E-state index in [1.54, 1.807) is 6.07 Å². The van der Waals surface area contributed by atoms with E-state index in [0.29, 0.717) is 15.4 Å². The molecule has 2 aromatic rings. The highest BCUT2D eigenvalue weighted by Gasteiger charge is 2.15. The van der Waals surface area contributed by atoms with E-state index in [1.165, 1.54) is 24.3 Å². The Kier molecular flexibility index (Phi) is 5.90. The Balaban J connectivity index is 2.30. The van der Waals surface area contributed by atoms with Gasteiger partial charge in [0.1, 0.15) is 11.6 Å². The SMILES string of the molecule is CCNC(Cc1cc(F)cc(Br)c1)c1ccc(F)cc1Br. The number of rotatable bonds is 5. The smallest absolute Gasteiger partial charge is 0.124 e. The van der Waals surface area contributed by atoms with Crippen molar-refractivity contribution in [2.24, 2.45) is 0 Å². The molecule has 1 atom stereocenters. The maximum Gasteiger partial charge on any atom is 0.124 e. The standard InChI is InChI=1S/C16H15Br2F2N/c1-2-21-16(14-4-3-12(19)9-15(14)18)7-10-5-11(17)8-13(20)6-10/h3-6,8-9,16,21H,2,7H2,1H3. The Labute approximate surface area is 140 Å². The number of likely N-dealkylation sites (N-methyl/N-ethyl adjacent to an activating group) is 1. The Hall–Kier alpha value is -0.780. The molecule has 0 aliphatic heterocycles. The molecule has 112 valence electrons. The normalized spacial score (nSPS) is 12.4. The molecule has 0 aliphatic rings. The Bertz CT molecular complexity index is 611. The van der Waals surface area contributed by atoms with Crippen LogP contribution in [0.4, 0.5) is 8.78 Å². The van der Waals surface area contributed by atoms with Crippen LogP contribution in [0.25, 0.3) is 0 Å². The van der Waals surface area contributed by atoms with Gasteiger partial charge in [0.15, 0.2) is 0 Å². The molecule has 0 saturated carbocycles. The summed E-state index contributed by atoms with van der Waals surface area (Å²) >= 11 is 6.70. The molecule has 0 aromatic heterocycles. The molecule has 1 nitrogen and oxygen atoms in total. The molecule has 0 amide bonds. The zero-order chi connectivity index (χ0) is 15.4. The van der Waals surface area contributed by atoms with E-state index in [0.717, 1.165) is 17.7 Å². The van der Waals surface area contributed by atoms with Crippen LogP contribution in [0.2, 0.25) is 0 Å². The van der Waals surface area contributed by atoms with Crippen molar-refractivity contribution in [1.82, 2.24) is 5.32 Å². The van der Waals surface area contributed by atoms with Crippen molar-refractivity contribution in [3.63, 3.8) is 0 Å². The van der Waals surface area contributed by atoms with E-state index >= 15 is 0 Å². The van der Waals surface area contributed by atoms with Gasteiger partial charge in [0.25, 0.3) is 0 Å². The molecule has 21 heavy (non-hydrogen) atoms. The van der Waals surface area contributed by atoms with Crippen molar-refractivity contribution in [2.75, 3.05) is 6.54 Å². The van der Waals surface area contributed by atoms with Crippen LogP contribution in [0.1, 0.15) is 24.1 Å². The van der Waals surface area contributed by atoms with E-state index in [2.05, 4.69) is 37.2 Å². The van der Waals surface area contributed by atoms with Crippen LogP contribution in [0, 0.1) is 11.6 Å². The molecule has 0 saturated heterocycles. The third-order valence-corrected chi connectivity index (χ3v) is 4.30. The summed E-state index contributed by atoms with van der Waals surface area (Å²) in [5.41, 5.74) is 1.84. The number of benzene rings is 2. The van der Waals surface area contributed by atoms with Crippen LogP contribution in [-0.2, 0) is 6.42 Å². The average molecular weight is 419 g/mol. The Morgan fingerprint density at radius 1 is 1.05 bits per heavy atom. The zero-order valence-electron chi connectivity index (χ0n) is 11.5. The fourth-order valence-corrected chi connectivity index (χ4v) is 3.43. The quantitative estimate of drug-likeness (QED) is 0.686. The van der Waals surface area contributed by atoms with Gasteiger partial charge in [0.05, 0.1) is 0 Å². The minimum atomic E-state index is -0.283. The summed E-state index contributed by atoms with van der Waals surface area (Å²) in [5.74, 6) is -0.554. The lowest BCUT2D eigenvalue weighted by atomic mass is 9.98. The molecular formula is C16H15Br2F2N. The molecule has 0 aliphatic carbocycles. The van der Waals surface area contributed by atoms with Gasteiger partial charge < -0.3 is 5.32 Å². The van der Waals surface area contributed by atoms with Crippen molar-refractivity contribution < 1.29 is 8.78 Å². The van der Waals surface area contributed by atoms with E-state index in [-0.39, 0.29) is 17.7 Å². The molecule has 0 fully saturated rings. The second kappa shape index (κ2) is 7.47. The van der Waals surface area contributed by atoms with Crippen molar-refractivity contribution in [2.45, 2.75) is 19.4 Å². The highest BCUT2D eigenvalue weighted by Crippen LogP contribution is 2.28. The highest BCUT2D eigenvalue weighted by molar-refractivity contribution is 9.10. The molecule has 0 bridgehead atoms. The first-order valence-corrected chi connectivity index (χ1v) is 8.21. The van der Waals surface area contributed by atoms with Crippen LogP contribution in [0.3, 0.4) is 0 Å². The largest absolute Gasteiger partial charge is 0.310 e. The van der Waals surface area contributed by atoms with Crippen molar-refractivity contribution in [3.8, 4) is 0 Å². The van der Waals surface area contributed by atoms with Gasteiger partial charge in [0, 0.05) is 15.0 Å². The number of hydrogen-bond acceptors (Lipinski definition) is 1. The highest BCUT2D eigenvalue weighted by atomic mass is 79.9. The van der Waals surface area contributed by atoms with Gasteiger partial charge in [-0.2, -0.15) is 0 Å². The fraction of sp³-hybridized carbons (Fsp3) is 0.250. The van der Waals surface area contributed by atoms with E-state index in [9.17, 15) is 8.78 Å². The molecular weight excluding hydrogens is 404 g/mol. The predicted molar refractivity (Wildman–Crippen MR) is 88.3 cm³/mol. The van der Waals surface area contributed by atoms with Gasteiger partial charge in [0.2, 0.25) is 0 Å². The number of halogens is 4. The monoisotopic (exact) mass is 417 g/mol. The van der Waals surface area contributed by atoms with E-state index in [4.69, 9.17) is 0 Å². The molecule has 0 radical (unpaired) electrons. The van der Waals surface area contributed by atoms with E-state index < -0.39 is 0 Å². The molecule has 1 unspecified atom stereocenters. The lowest BCUT2D eigenvalue weighted by Gasteiger charge is -2.20. The summed E-state index contributed by atoms with van der Waals surface area (Å²) in [6.07, 6.45) is 0.619. The molecule has 2 aromatic carbocycles. The Morgan fingerprint density at radius 2 is 1.81 bits per heavy atom. The fourth-order valence-electron chi connectivity index (χ4n) is 2.29. The van der Waals surface area contributed by atoms with Gasteiger partial charge in [-0.25, -0.2) is 8.78 Å². The van der Waals surface area contributed by atoms with Crippen LogP contribution in [0.5, 0.6) is 0 Å². The molecule has 2 rings (SSSR count). The first-order chi connectivity index (χ1) is 9.99. The minimum Gasteiger partial charge on any atom is -0.310 e. The lowest BCUT2D eigenvalue weighted by molar-refractivity contribution is 0.542. The van der Waals surface area contributed by atoms with Crippen LogP contribution < -0.4 is 5.32 Å². The second-order valence-electron chi connectivity index (χ2n) is 4.76. The molecule has 0 spiro atoms. The van der Waals surface area contributed by atoms with E-state index in [1.807, 2.05) is 13.0 Å². The molecule has 0 heterocycles. The van der Waals surface area contributed by atoms with Crippen LogP contribution >= 0.6 is 31.9 Å². The minimum absolute atomic E-state index is 0.0151. The maximum absolute atomic E-state index is 13.5. The summed E-state index contributed by atoms with van der Waals surface area (Å²) < 4.78 is 28.1. The lowest BCUT2D eigenvalue weighted by Crippen LogP contribution is -2.23. The Morgan fingerprint density at radius 3 is 2.43 bits per heavy atom. The third kappa shape index (κ3) is 4.59. The predicted octanol–water partition coefficient (Wildman–Crippen LogP) is 5.38. The maximum atomic E-state index is 13.5. The topological polar surface area (TPSA) is 12.0 Å². The summed E-state index contributed by atoms with van der Waals surface area (Å²) in [6.45, 7) is 2.77. The average Bonchev–Trinajstić information content (AvgIpc) is 2.37. The molecule has 5 heteroatoms. The van der Waals surface area contributed by atoms with Crippen molar-refractivity contribution >= 4 is 31.9 Å². The summed E-state index contributed by atoms with van der Waals surface area (Å²) in [7, 11) is 0. The third-order valence-electron chi connectivity index (χ3n) is 3.15. The summed E-state index contributed by atoms with van der Waals surface area (Å²) in [6, 6.07) is 9.46. The second-order valence-corrected chi connectivity index (χ2v) is 6.53. The first-order valence-electron chi connectivity index (χ1n) is 6.63. The van der Waals surface area contributed by atoms with Crippen LogP contribution in [0.15, 0.2) is 45.3 Å². The zero-order valence-corrected chi connectivity index (χ0v) is 14.6. The molecule has 1 N–H and O–H groups in total. The van der Waals surface area contributed by atoms with Crippen molar-refractivity contribution in [1.29, 1.82) is 0 Å². The van der Waals surface area contributed by atoms with Gasteiger partial charge in [-0.1, -0.05) is 44.8 Å².